The molecule has 0 bridgehead atoms. The van der Waals surface area contributed by atoms with E-state index in [2.05, 4.69) is 22.0 Å². The first-order chi connectivity index (χ1) is 13.6. The zero-order valence-electron chi connectivity index (χ0n) is 16.6. The van der Waals surface area contributed by atoms with Gasteiger partial charge in [0, 0.05) is 12.2 Å². The number of hydrogen-bond acceptors (Lipinski definition) is 6. The van der Waals surface area contributed by atoms with Gasteiger partial charge < -0.3 is 24.1 Å². The molecule has 0 fully saturated rings. The highest BCUT2D eigenvalue weighted by Crippen LogP contribution is 2.17. The average Bonchev–Trinajstić information content (AvgIpc) is 3.17. The molecule has 0 spiro atoms. The summed E-state index contributed by atoms with van der Waals surface area (Å²) in [5, 5.41) is 2.87. The van der Waals surface area contributed by atoms with Gasteiger partial charge in [-0.2, -0.15) is 0 Å². The van der Waals surface area contributed by atoms with Crippen LogP contribution in [0.2, 0.25) is 0 Å². The lowest BCUT2D eigenvalue weighted by Crippen LogP contribution is -2.35. The van der Waals surface area contributed by atoms with Crippen molar-refractivity contribution in [2.75, 3.05) is 25.6 Å². The minimum atomic E-state index is -0.577. The lowest BCUT2D eigenvalue weighted by Gasteiger charge is -2.21. The van der Waals surface area contributed by atoms with Crippen molar-refractivity contribution >= 4 is 17.7 Å². The summed E-state index contributed by atoms with van der Waals surface area (Å²) in [5.41, 5.74) is 0.745. The zero-order valence-corrected chi connectivity index (χ0v) is 16.6. The van der Waals surface area contributed by atoms with Crippen LogP contribution in [0.1, 0.15) is 49.5 Å². The second-order valence-electron chi connectivity index (χ2n) is 6.13. The molecule has 1 heterocycles. The number of esters is 1. The van der Waals surface area contributed by atoms with E-state index < -0.39 is 5.97 Å². The van der Waals surface area contributed by atoms with E-state index in [4.69, 9.17) is 9.15 Å². The molecule has 0 saturated heterocycles. The Morgan fingerprint density at radius 3 is 2.57 bits per heavy atom. The van der Waals surface area contributed by atoms with Crippen molar-refractivity contribution in [3.63, 3.8) is 0 Å². The highest BCUT2D eigenvalue weighted by Gasteiger charge is 2.19. The van der Waals surface area contributed by atoms with Crippen LogP contribution in [-0.2, 0) is 11.3 Å². The van der Waals surface area contributed by atoms with Gasteiger partial charge in [0.1, 0.15) is 12.0 Å². The second-order valence-corrected chi connectivity index (χ2v) is 6.13. The molecular formula is C20H27N3O5. The Labute approximate surface area is 164 Å². The maximum Gasteiger partial charge on any atom is 0.360 e. The van der Waals surface area contributed by atoms with Gasteiger partial charge in [-0.15, -0.1) is 0 Å². The van der Waals surface area contributed by atoms with E-state index >= 15 is 0 Å². The zero-order chi connectivity index (χ0) is 20.4. The largest absolute Gasteiger partial charge is 0.494 e. The molecule has 28 heavy (non-hydrogen) atoms. The van der Waals surface area contributed by atoms with Crippen molar-refractivity contribution in [1.29, 1.82) is 0 Å². The van der Waals surface area contributed by atoms with Crippen LogP contribution < -0.4 is 10.1 Å². The average molecular weight is 389 g/mol. The molecule has 0 radical (unpaired) electrons. The molecule has 152 valence electrons. The lowest BCUT2D eigenvalue weighted by atomic mass is 10.2. The van der Waals surface area contributed by atoms with Crippen LogP contribution in [-0.4, -0.2) is 42.1 Å². The molecule has 0 unspecified atom stereocenters. The molecule has 0 saturated carbocycles. The highest BCUT2D eigenvalue weighted by molar-refractivity contribution is 5.89. The molecule has 0 aliphatic rings. The van der Waals surface area contributed by atoms with E-state index in [0.717, 1.165) is 25.0 Å². The number of nitrogens with one attached hydrogen (secondary N) is 1. The van der Waals surface area contributed by atoms with Gasteiger partial charge in [-0.1, -0.05) is 19.8 Å². The standard InChI is InChI=1S/C20H27N3O5/c1-4-6-7-12-23(13-18-22-17(14-28-18)19(24)26-3)20(25)21-15-8-10-16(11-9-15)27-5-2/h8-11,14H,4-7,12-13H2,1-3H3,(H,21,25). The Bertz CT molecular complexity index is 757. The predicted octanol–water partition coefficient (Wildman–Crippen LogP) is 4.08. The quantitative estimate of drug-likeness (QED) is 0.486. The normalized spacial score (nSPS) is 10.4. The fourth-order valence-corrected chi connectivity index (χ4v) is 2.55. The number of nitrogens with zero attached hydrogens (tertiary/aromatic N) is 2. The third-order valence-corrected chi connectivity index (χ3v) is 4.01. The number of benzene rings is 1. The van der Waals surface area contributed by atoms with E-state index in [1.165, 1.54) is 13.4 Å². The fourth-order valence-electron chi connectivity index (χ4n) is 2.55. The minimum absolute atomic E-state index is 0.0814. The van der Waals surface area contributed by atoms with Crippen molar-refractivity contribution in [3.05, 3.63) is 42.1 Å². The lowest BCUT2D eigenvalue weighted by molar-refractivity contribution is 0.0594. The van der Waals surface area contributed by atoms with Crippen LogP contribution in [0.25, 0.3) is 0 Å². The smallest absolute Gasteiger partial charge is 0.360 e. The van der Waals surface area contributed by atoms with Crippen LogP contribution in [0.15, 0.2) is 34.9 Å². The van der Waals surface area contributed by atoms with Gasteiger partial charge in [0.25, 0.3) is 0 Å². The minimum Gasteiger partial charge on any atom is -0.494 e. The number of unbranched alkanes of at least 4 members (excludes halogenated alkanes) is 2. The van der Waals surface area contributed by atoms with Crippen LogP contribution in [0.3, 0.4) is 0 Å². The summed E-state index contributed by atoms with van der Waals surface area (Å²) >= 11 is 0. The number of rotatable bonds is 10. The van der Waals surface area contributed by atoms with Gasteiger partial charge in [0.2, 0.25) is 5.89 Å². The van der Waals surface area contributed by atoms with Crippen molar-refractivity contribution in [2.45, 2.75) is 39.7 Å². The molecule has 2 aromatic rings. The summed E-state index contributed by atoms with van der Waals surface area (Å²) in [5.74, 6) is 0.445. The molecule has 1 N–H and O–H groups in total. The van der Waals surface area contributed by atoms with E-state index in [9.17, 15) is 9.59 Å². The van der Waals surface area contributed by atoms with Crippen LogP contribution in [0, 0.1) is 0 Å². The third-order valence-electron chi connectivity index (χ3n) is 4.01. The molecule has 2 amide bonds. The van der Waals surface area contributed by atoms with Gasteiger partial charge in [-0.25, -0.2) is 14.6 Å². The number of hydrogen-bond donors (Lipinski definition) is 1. The number of ether oxygens (including phenoxy) is 2. The molecule has 8 heteroatoms. The number of urea groups is 1. The third kappa shape index (κ3) is 6.29. The maximum atomic E-state index is 12.7. The van der Waals surface area contributed by atoms with E-state index in [-0.39, 0.29) is 24.2 Å². The predicted molar refractivity (Wildman–Crippen MR) is 104 cm³/mol. The molecule has 0 atom stereocenters. The number of oxazole rings is 1. The van der Waals surface area contributed by atoms with Crippen molar-refractivity contribution < 1.29 is 23.5 Å². The van der Waals surface area contributed by atoms with E-state index in [0.29, 0.717) is 18.8 Å². The number of methoxy groups -OCH3 is 1. The topological polar surface area (TPSA) is 93.9 Å². The summed E-state index contributed by atoms with van der Waals surface area (Å²) in [4.78, 5) is 30.0. The van der Waals surface area contributed by atoms with Crippen molar-refractivity contribution in [1.82, 2.24) is 9.88 Å². The molecule has 1 aromatic carbocycles. The van der Waals surface area contributed by atoms with Gasteiger partial charge in [-0.3, -0.25) is 0 Å². The van der Waals surface area contributed by atoms with Crippen molar-refractivity contribution in [2.24, 2.45) is 0 Å². The highest BCUT2D eigenvalue weighted by atomic mass is 16.5. The Morgan fingerprint density at radius 1 is 1.18 bits per heavy atom. The van der Waals surface area contributed by atoms with Gasteiger partial charge in [0.05, 0.1) is 20.3 Å². The second kappa shape index (κ2) is 11.0. The number of aromatic nitrogens is 1. The fraction of sp³-hybridized carbons (Fsp3) is 0.450. The van der Waals surface area contributed by atoms with Gasteiger partial charge >= 0.3 is 12.0 Å². The van der Waals surface area contributed by atoms with Gasteiger partial charge in [0.15, 0.2) is 5.69 Å². The molecular weight excluding hydrogens is 362 g/mol. The summed E-state index contributed by atoms with van der Waals surface area (Å²) in [6.07, 6.45) is 4.14. The number of amides is 2. The van der Waals surface area contributed by atoms with Crippen LogP contribution >= 0.6 is 0 Å². The number of carbonyl (C=O) groups excluding carboxylic acids is 2. The van der Waals surface area contributed by atoms with Crippen molar-refractivity contribution in [3.8, 4) is 5.75 Å². The molecule has 8 nitrogen and oxygen atoms in total. The first-order valence-electron chi connectivity index (χ1n) is 9.38. The molecule has 0 aliphatic heterocycles. The Balaban J connectivity index is 2.04. The van der Waals surface area contributed by atoms with E-state index in [1.54, 1.807) is 29.2 Å². The number of anilines is 1. The van der Waals surface area contributed by atoms with Crippen LogP contribution in [0.5, 0.6) is 5.75 Å². The summed E-state index contributed by atoms with van der Waals surface area (Å²) in [7, 11) is 1.28. The van der Waals surface area contributed by atoms with Crippen LogP contribution in [0.4, 0.5) is 10.5 Å². The molecule has 1 aromatic heterocycles. The molecule has 2 rings (SSSR count). The SMILES string of the molecule is CCCCCN(Cc1nc(C(=O)OC)co1)C(=O)Nc1ccc(OCC)cc1. The summed E-state index contributed by atoms with van der Waals surface area (Å²) < 4.78 is 15.3. The Kier molecular flexibility index (Phi) is 8.33. The Morgan fingerprint density at radius 2 is 1.93 bits per heavy atom. The molecule has 0 aliphatic carbocycles. The first kappa shape index (κ1) is 21.3. The number of carbonyl (C=O) groups is 2. The summed E-state index contributed by atoms with van der Waals surface area (Å²) in [6.45, 7) is 5.30. The van der Waals surface area contributed by atoms with E-state index in [1.807, 2.05) is 6.92 Å². The maximum absolute atomic E-state index is 12.7. The van der Waals surface area contributed by atoms with Gasteiger partial charge in [-0.05, 0) is 37.6 Å². The first-order valence-corrected chi connectivity index (χ1v) is 9.38. The summed E-state index contributed by atoms with van der Waals surface area (Å²) in [6, 6.07) is 6.91. The monoisotopic (exact) mass is 389 g/mol. The Hall–Kier alpha value is -3.03.